The molecule has 10 saturated carbocycles. The maximum Gasteiger partial charge on any atom is 0.126 e. The second-order valence-corrected chi connectivity index (χ2v) is 29.4. The van der Waals surface area contributed by atoms with Gasteiger partial charge in [-0.3, -0.25) is 0 Å². The lowest BCUT2D eigenvalue weighted by Crippen LogP contribution is -2.67. The Bertz CT molecular complexity index is 1900. The minimum absolute atomic E-state index is 0.0157. The van der Waals surface area contributed by atoms with Gasteiger partial charge in [-0.25, -0.2) is 0 Å². The molecule has 0 heterocycles. The number of aliphatic hydroxyl groups is 3. The number of hydrogen-bond donors (Lipinski definition) is 3. The molecule has 0 bridgehead atoms. The molecule has 0 aliphatic heterocycles. The Morgan fingerprint density at radius 3 is 1.37 bits per heavy atom. The zero-order valence-electron chi connectivity index (χ0n) is 44.4. The Morgan fingerprint density at radius 2 is 0.923 bits per heavy atom. The van der Waals surface area contributed by atoms with Gasteiger partial charge in [0, 0.05) is 5.41 Å². The van der Waals surface area contributed by atoms with Gasteiger partial charge in [0.1, 0.15) is 6.29 Å². The summed E-state index contributed by atoms with van der Waals surface area (Å²) in [5.41, 5.74) is 4.72. The van der Waals surface area contributed by atoms with E-state index in [2.05, 4.69) is 103 Å². The molecule has 368 valence electrons. The van der Waals surface area contributed by atoms with Crippen LogP contribution in [0.2, 0.25) is 0 Å². The van der Waals surface area contributed by atoms with Crippen LogP contribution in [0.4, 0.5) is 0 Å². The molecular formula is C61H100O4. The van der Waals surface area contributed by atoms with Gasteiger partial charge >= 0.3 is 0 Å². The van der Waals surface area contributed by atoms with Crippen LogP contribution >= 0.6 is 0 Å². The van der Waals surface area contributed by atoms with E-state index in [0.29, 0.717) is 79.8 Å². The molecule has 0 aromatic heterocycles. The SMILES string of the molecule is C=C(C)[C@@H]1CC[C@]2(C(C)O)CC[C@]3(C)C(CCC4[C@@]5(C)CC[C@H](O)C(C)(C)C5CC[C@]43C)C12.C=C(C)[C@@H]1CC[C@]2(C=O)CC[C@]3(C)C(CCC4[C@@]5(C)CC[C@H](O)C(C)(C)C5CC[C@]43C)C12. The molecule has 0 amide bonds. The topological polar surface area (TPSA) is 77.8 Å². The van der Waals surface area contributed by atoms with Crippen molar-refractivity contribution < 1.29 is 20.1 Å². The molecule has 0 aromatic rings. The lowest BCUT2D eigenvalue weighted by molar-refractivity contribution is -0.252. The van der Waals surface area contributed by atoms with Crippen molar-refractivity contribution in [2.24, 2.45) is 113 Å². The van der Waals surface area contributed by atoms with Gasteiger partial charge in [-0.05, 0) is 257 Å². The highest BCUT2D eigenvalue weighted by Gasteiger charge is 2.73. The molecule has 9 unspecified atom stereocenters. The second kappa shape index (κ2) is 15.5. The third-order valence-corrected chi connectivity index (χ3v) is 27.3. The van der Waals surface area contributed by atoms with E-state index in [1.54, 1.807) is 0 Å². The fourth-order valence-corrected chi connectivity index (χ4v) is 23.3. The van der Waals surface area contributed by atoms with Crippen molar-refractivity contribution in [3.63, 3.8) is 0 Å². The molecule has 10 fully saturated rings. The lowest BCUT2D eigenvalue weighted by Gasteiger charge is -2.73. The lowest BCUT2D eigenvalue weighted by atomic mass is 9.32. The normalized spacial score (nSPS) is 56.2. The van der Waals surface area contributed by atoms with Gasteiger partial charge in [0.25, 0.3) is 0 Å². The fraction of sp³-hybridized carbons (Fsp3) is 0.918. The van der Waals surface area contributed by atoms with E-state index in [0.717, 1.165) is 43.9 Å². The van der Waals surface area contributed by atoms with Crippen LogP contribution in [-0.2, 0) is 4.79 Å². The molecule has 0 saturated heterocycles. The highest BCUT2D eigenvalue weighted by molar-refractivity contribution is 5.62. The molecule has 10 aliphatic carbocycles. The average molecular weight is 897 g/mol. The maximum absolute atomic E-state index is 12.6. The number of rotatable bonds is 4. The zero-order chi connectivity index (χ0) is 47.5. The van der Waals surface area contributed by atoms with E-state index >= 15 is 0 Å². The summed E-state index contributed by atoms with van der Waals surface area (Å²) in [7, 11) is 0. The molecule has 0 aromatic carbocycles. The van der Waals surface area contributed by atoms with Crippen LogP contribution in [0, 0.1) is 113 Å². The zero-order valence-corrected chi connectivity index (χ0v) is 44.4. The van der Waals surface area contributed by atoms with Crippen LogP contribution in [0.1, 0.15) is 218 Å². The van der Waals surface area contributed by atoms with Crippen molar-refractivity contribution in [2.45, 2.75) is 237 Å². The molecular weight excluding hydrogens is 797 g/mol. The molecule has 10 rings (SSSR count). The molecule has 3 N–H and O–H groups in total. The van der Waals surface area contributed by atoms with E-state index in [4.69, 9.17) is 0 Å². The van der Waals surface area contributed by atoms with E-state index in [-0.39, 0.29) is 40.0 Å². The Kier molecular flexibility index (Phi) is 11.7. The first kappa shape index (κ1) is 49.0. The molecule has 10 aliphatic rings. The first-order valence-electron chi connectivity index (χ1n) is 27.9. The Hall–Kier alpha value is -0.970. The van der Waals surface area contributed by atoms with E-state index in [9.17, 15) is 20.1 Å². The Labute approximate surface area is 399 Å². The third kappa shape index (κ3) is 6.24. The van der Waals surface area contributed by atoms with Crippen molar-refractivity contribution in [1.29, 1.82) is 0 Å². The van der Waals surface area contributed by atoms with Gasteiger partial charge in [0.15, 0.2) is 0 Å². The van der Waals surface area contributed by atoms with Gasteiger partial charge in [0.05, 0.1) is 18.3 Å². The van der Waals surface area contributed by atoms with Crippen LogP contribution in [0.15, 0.2) is 24.3 Å². The van der Waals surface area contributed by atoms with Crippen molar-refractivity contribution in [3.05, 3.63) is 24.3 Å². The van der Waals surface area contributed by atoms with Crippen molar-refractivity contribution in [1.82, 2.24) is 0 Å². The van der Waals surface area contributed by atoms with Gasteiger partial charge in [0.2, 0.25) is 0 Å². The smallest absolute Gasteiger partial charge is 0.126 e. The molecule has 0 spiro atoms. The van der Waals surface area contributed by atoms with E-state index in [1.807, 2.05) is 0 Å². The van der Waals surface area contributed by atoms with Crippen molar-refractivity contribution in [3.8, 4) is 0 Å². The highest BCUT2D eigenvalue weighted by atomic mass is 16.3. The summed E-state index contributed by atoms with van der Waals surface area (Å²) in [5.74, 6) is 6.29. The Morgan fingerprint density at radius 1 is 0.492 bits per heavy atom. The number of aliphatic hydroxyl groups excluding tert-OH is 3. The summed E-state index contributed by atoms with van der Waals surface area (Å²) in [5, 5.41) is 32.9. The first-order chi connectivity index (χ1) is 30.1. The maximum atomic E-state index is 12.6. The summed E-state index contributed by atoms with van der Waals surface area (Å²) in [6, 6.07) is 0. The largest absolute Gasteiger partial charge is 0.393 e. The third-order valence-electron chi connectivity index (χ3n) is 27.3. The standard InChI is InChI=1S/C31H52O2.C30H48O2/c1-19(2)21-11-16-31(20(3)32)18-17-29(7)22(26(21)31)9-10-24-28(6)14-13-25(33)27(4,5)23(28)12-15-30(24,29)8;1-19(2)20-10-15-30(18-31)17-16-28(6)21(25(20)30)8-9-23-27(5)13-12-24(32)26(3,4)22(27)11-14-29(23,28)7/h20-26,32-33H,1,9-18H2,2-8H3;18,20-25,32H,1,8-17H2,2-7H3/t20?,21-,22?,23?,24?,25-,26?,28-,29+,30+,31+;20-,21?,22?,23?,24-,25?,27-,28+,29+,30+/m00/s1. The minimum atomic E-state index is -0.212. The monoisotopic (exact) mass is 897 g/mol. The van der Waals surface area contributed by atoms with Crippen LogP contribution < -0.4 is 0 Å². The summed E-state index contributed by atoms with van der Waals surface area (Å²) < 4.78 is 0. The summed E-state index contributed by atoms with van der Waals surface area (Å²) >= 11 is 0. The number of allylic oxidation sites excluding steroid dienone is 2. The molecule has 0 radical (unpaired) electrons. The van der Waals surface area contributed by atoms with Gasteiger partial charge < -0.3 is 20.1 Å². The predicted octanol–water partition coefficient (Wildman–Crippen LogP) is 14.6. The predicted molar refractivity (Wildman–Crippen MR) is 268 cm³/mol. The number of hydrogen-bond acceptors (Lipinski definition) is 4. The van der Waals surface area contributed by atoms with Crippen LogP contribution in [0.25, 0.3) is 0 Å². The van der Waals surface area contributed by atoms with Crippen LogP contribution in [0.3, 0.4) is 0 Å². The average Bonchev–Trinajstić information content (AvgIpc) is 3.83. The summed E-state index contributed by atoms with van der Waals surface area (Å²) in [4.78, 5) is 12.6. The van der Waals surface area contributed by atoms with Crippen LogP contribution in [-0.4, -0.2) is 39.9 Å². The van der Waals surface area contributed by atoms with Crippen molar-refractivity contribution >= 4 is 6.29 Å². The van der Waals surface area contributed by atoms with Crippen LogP contribution in [0.5, 0.6) is 0 Å². The van der Waals surface area contributed by atoms with E-state index in [1.165, 1.54) is 114 Å². The highest BCUT2D eigenvalue weighted by Crippen LogP contribution is 2.80. The first-order valence-corrected chi connectivity index (χ1v) is 27.9. The second-order valence-electron chi connectivity index (χ2n) is 29.4. The summed E-state index contributed by atoms with van der Waals surface area (Å²) in [6.45, 7) is 40.7. The molecule has 4 nitrogen and oxygen atoms in total. The van der Waals surface area contributed by atoms with E-state index < -0.39 is 0 Å². The Balaban J connectivity index is 0.000000164. The minimum Gasteiger partial charge on any atom is -0.393 e. The number of carbonyl (C=O) groups is 1. The van der Waals surface area contributed by atoms with Gasteiger partial charge in [-0.1, -0.05) is 93.5 Å². The van der Waals surface area contributed by atoms with Gasteiger partial charge in [-0.15, -0.1) is 0 Å². The molecule has 4 heteroatoms. The fourth-order valence-electron chi connectivity index (χ4n) is 23.3. The summed E-state index contributed by atoms with van der Waals surface area (Å²) in [6.07, 6.45) is 25.0. The van der Waals surface area contributed by atoms with Crippen molar-refractivity contribution in [2.75, 3.05) is 0 Å². The number of aldehydes is 1. The molecule has 65 heavy (non-hydrogen) atoms. The quantitative estimate of drug-likeness (QED) is 0.194. The van der Waals surface area contributed by atoms with Gasteiger partial charge in [-0.2, -0.15) is 0 Å². The number of carbonyl (C=O) groups excluding carboxylic acids is 1. The molecule has 21 atom stereocenters. The number of fused-ring (bicyclic) bond motifs is 14.